The van der Waals surface area contributed by atoms with Gasteiger partial charge < -0.3 is 9.64 Å². The molecule has 0 fully saturated rings. The molecular formula is C23H18ClF3N6O4S. The van der Waals surface area contributed by atoms with Gasteiger partial charge in [-0.25, -0.2) is 13.1 Å². The maximum Gasteiger partial charge on any atom is 0.471 e. The molecule has 38 heavy (non-hydrogen) atoms. The number of fused-ring (bicyclic) bond motifs is 2. The van der Waals surface area contributed by atoms with Gasteiger partial charge >= 0.3 is 12.1 Å². The largest absolute Gasteiger partial charge is 0.475 e. The van der Waals surface area contributed by atoms with Gasteiger partial charge in [-0.15, -0.1) is 15.3 Å². The van der Waals surface area contributed by atoms with Gasteiger partial charge in [0.25, 0.3) is 0 Å². The van der Waals surface area contributed by atoms with Gasteiger partial charge in [0.05, 0.1) is 9.92 Å². The molecule has 0 aliphatic carbocycles. The van der Waals surface area contributed by atoms with Crippen LogP contribution in [0.5, 0.6) is 5.88 Å². The Labute approximate surface area is 219 Å². The summed E-state index contributed by atoms with van der Waals surface area (Å²) in [6.45, 7) is -0.363. The Morgan fingerprint density at radius 3 is 2.66 bits per heavy atom. The number of benzene rings is 2. The highest BCUT2D eigenvalue weighted by Gasteiger charge is 2.44. The average Bonchev–Trinajstić information content (AvgIpc) is 3.49. The molecule has 15 heteroatoms. The van der Waals surface area contributed by atoms with E-state index in [1.54, 1.807) is 36.4 Å². The first-order chi connectivity index (χ1) is 18.0. The Morgan fingerprint density at radius 2 is 1.89 bits per heavy atom. The number of nitrogens with zero attached hydrogens (tertiary/aromatic N) is 5. The number of sulfonamides is 1. The first-order valence-electron chi connectivity index (χ1n) is 11.2. The van der Waals surface area contributed by atoms with Gasteiger partial charge in [0.15, 0.2) is 11.5 Å². The fraction of sp³-hybridized carbons (Fsp3) is 0.217. The van der Waals surface area contributed by atoms with Gasteiger partial charge in [0.1, 0.15) is 6.61 Å². The van der Waals surface area contributed by atoms with Gasteiger partial charge in [0.2, 0.25) is 15.9 Å². The molecule has 1 aliphatic rings. The Kier molecular flexibility index (Phi) is 6.71. The van der Waals surface area contributed by atoms with Crippen molar-refractivity contribution in [1.29, 1.82) is 0 Å². The Morgan fingerprint density at radius 1 is 1.11 bits per heavy atom. The minimum atomic E-state index is -5.02. The van der Waals surface area contributed by atoms with Crippen molar-refractivity contribution in [3.63, 3.8) is 0 Å². The van der Waals surface area contributed by atoms with Crippen molar-refractivity contribution in [1.82, 2.24) is 24.5 Å². The molecule has 2 aromatic carbocycles. The fourth-order valence-corrected chi connectivity index (χ4v) is 5.27. The van der Waals surface area contributed by atoms with Gasteiger partial charge in [0, 0.05) is 30.4 Å². The van der Waals surface area contributed by atoms with Crippen LogP contribution in [0.25, 0.3) is 17.0 Å². The molecule has 4 aromatic rings. The normalized spacial score (nSPS) is 13.6. The molecule has 0 atom stereocenters. The summed E-state index contributed by atoms with van der Waals surface area (Å²) in [6, 6.07) is 13.9. The molecule has 10 nitrogen and oxygen atoms in total. The van der Waals surface area contributed by atoms with E-state index in [0.717, 1.165) is 6.07 Å². The fourth-order valence-electron chi connectivity index (χ4n) is 3.98. The molecule has 0 saturated heterocycles. The highest BCUT2D eigenvalue weighted by molar-refractivity contribution is 7.89. The second kappa shape index (κ2) is 9.85. The topological polar surface area (TPSA) is 119 Å². The molecule has 5 rings (SSSR count). The predicted molar refractivity (Wildman–Crippen MR) is 130 cm³/mol. The molecule has 1 N–H and O–H groups in total. The first-order valence-corrected chi connectivity index (χ1v) is 13.0. The van der Waals surface area contributed by atoms with Crippen molar-refractivity contribution in [2.24, 2.45) is 0 Å². The lowest BCUT2D eigenvalue weighted by Crippen LogP contribution is -2.40. The second-order valence-corrected chi connectivity index (χ2v) is 10.4. The van der Waals surface area contributed by atoms with Gasteiger partial charge in [-0.3, -0.25) is 4.79 Å². The van der Waals surface area contributed by atoms with Crippen LogP contribution in [0.2, 0.25) is 5.02 Å². The first kappa shape index (κ1) is 25.9. The van der Waals surface area contributed by atoms with Crippen LogP contribution in [0.3, 0.4) is 0 Å². The van der Waals surface area contributed by atoms with Gasteiger partial charge in [-0.2, -0.15) is 17.7 Å². The average molecular weight is 567 g/mol. The number of carbonyl (C=O) groups is 1. The Bertz CT molecular complexity index is 1640. The molecule has 198 valence electrons. The van der Waals surface area contributed by atoms with E-state index in [0.29, 0.717) is 32.5 Å². The Balaban J connectivity index is 1.23. The number of carbonyl (C=O) groups excluding carboxylic acids is 1. The zero-order valence-electron chi connectivity index (χ0n) is 19.3. The number of rotatable bonds is 7. The zero-order chi connectivity index (χ0) is 27.1. The lowest BCUT2D eigenvalue weighted by Gasteiger charge is -2.19. The zero-order valence-corrected chi connectivity index (χ0v) is 20.9. The van der Waals surface area contributed by atoms with E-state index < -0.39 is 22.1 Å². The number of anilines is 1. The van der Waals surface area contributed by atoms with Crippen LogP contribution in [0.1, 0.15) is 5.56 Å². The maximum absolute atomic E-state index is 12.8. The van der Waals surface area contributed by atoms with E-state index >= 15 is 0 Å². The minimum absolute atomic E-state index is 0.0428. The van der Waals surface area contributed by atoms with E-state index in [4.69, 9.17) is 16.3 Å². The van der Waals surface area contributed by atoms with Crippen molar-refractivity contribution >= 4 is 38.9 Å². The summed E-state index contributed by atoms with van der Waals surface area (Å²) in [5.41, 5.74) is 1.46. The molecule has 0 spiro atoms. The Hall–Kier alpha value is -3.75. The number of halogens is 4. The van der Waals surface area contributed by atoms with Crippen molar-refractivity contribution in [2.75, 3.05) is 24.6 Å². The van der Waals surface area contributed by atoms with Crippen molar-refractivity contribution in [3.05, 3.63) is 65.2 Å². The SMILES string of the molecule is O=C(N1CCc2cc(S(=O)(=O)NCCOc3ccc4nnc(-c5ccccc5Cl)n4n3)ccc21)C(F)(F)F. The smallest absolute Gasteiger partial charge is 0.471 e. The molecule has 0 unspecified atom stereocenters. The van der Waals surface area contributed by atoms with E-state index in [-0.39, 0.29) is 42.6 Å². The maximum atomic E-state index is 12.8. The summed E-state index contributed by atoms with van der Waals surface area (Å²) >= 11 is 6.25. The van der Waals surface area contributed by atoms with Crippen LogP contribution in [0.15, 0.2) is 59.5 Å². The van der Waals surface area contributed by atoms with Crippen molar-refractivity contribution in [3.8, 4) is 17.3 Å². The monoisotopic (exact) mass is 566 g/mol. The third kappa shape index (κ3) is 5.01. The van der Waals surface area contributed by atoms with E-state index in [2.05, 4.69) is 20.0 Å². The van der Waals surface area contributed by atoms with Crippen LogP contribution in [0.4, 0.5) is 18.9 Å². The molecule has 0 radical (unpaired) electrons. The molecule has 3 heterocycles. The summed E-state index contributed by atoms with van der Waals surface area (Å²) in [5.74, 6) is -1.39. The van der Waals surface area contributed by atoms with Gasteiger partial charge in [-0.05, 0) is 48.4 Å². The summed E-state index contributed by atoms with van der Waals surface area (Å²) in [7, 11) is -3.99. The number of hydrogen-bond donors (Lipinski definition) is 1. The van der Waals surface area contributed by atoms with Crippen LogP contribution >= 0.6 is 11.6 Å². The number of ether oxygens (including phenoxy) is 1. The number of nitrogens with one attached hydrogen (secondary N) is 1. The number of hydrogen-bond acceptors (Lipinski definition) is 7. The van der Waals surface area contributed by atoms with E-state index in [9.17, 15) is 26.4 Å². The summed E-state index contributed by atoms with van der Waals surface area (Å²) in [6.07, 6.45) is -4.91. The number of amides is 1. The predicted octanol–water partition coefficient (Wildman–Crippen LogP) is 3.25. The molecule has 0 saturated carbocycles. The van der Waals surface area contributed by atoms with Crippen molar-refractivity contribution < 1.29 is 31.1 Å². The molecule has 0 bridgehead atoms. The standard InChI is InChI=1S/C23H18ClF3N6O4S/c24-17-4-2-1-3-16(17)21-30-29-19-7-8-20(31-33(19)21)37-12-10-28-38(35,36)15-5-6-18-14(13-15)9-11-32(18)22(34)23(25,26)27/h1-8,13,28H,9-12H2. The summed E-state index contributed by atoms with van der Waals surface area (Å²) in [4.78, 5) is 12.1. The van der Waals surface area contributed by atoms with Gasteiger partial charge in [-0.1, -0.05) is 23.7 Å². The van der Waals surface area contributed by atoms with Crippen LogP contribution in [0, 0.1) is 0 Å². The number of aromatic nitrogens is 4. The van der Waals surface area contributed by atoms with Crippen LogP contribution in [-0.4, -0.2) is 60.0 Å². The molecular weight excluding hydrogens is 549 g/mol. The lowest BCUT2D eigenvalue weighted by molar-refractivity contribution is -0.170. The third-order valence-corrected chi connectivity index (χ3v) is 7.53. The summed E-state index contributed by atoms with van der Waals surface area (Å²) in [5, 5.41) is 13.0. The number of alkyl halides is 3. The third-order valence-electron chi connectivity index (χ3n) is 5.74. The summed E-state index contributed by atoms with van der Waals surface area (Å²) < 4.78 is 73.3. The van der Waals surface area contributed by atoms with Crippen LogP contribution in [-0.2, 0) is 21.2 Å². The lowest BCUT2D eigenvalue weighted by atomic mass is 10.2. The quantitative estimate of drug-likeness (QED) is 0.341. The molecule has 1 aliphatic heterocycles. The molecule has 2 aromatic heterocycles. The van der Waals surface area contributed by atoms with E-state index in [1.807, 2.05) is 0 Å². The minimum Gasteiger partial charge on any atom is -0.475 e. The molecule has 1 amide bonds. The van der Waals surface area contributed by atoms with E-state index in [1.165, 1.54) is 16.6 Å². The highest BCUT2D eigenvalue weighted by atomic mass is 35.5. The second-order valence-electron chi connectivity index (χ2n) is 8.19. The van der Waals surface area contributed by atoms with Crippen LogP contribution < -0.4 is 14.4 Å². The highest BCUT2D eigenvalue weighted by Crippen LogP contribution is 2.33. The van der Waals surface area contributed by atoms with Crippen molar-refractivity contribution in [2.45, 2.75) is 17.5 Å².